The molecule has 0 aliphatic heterocycles. The molecule has 0 bridgehead atoms. The summed E-state index contributed by atoms with van der Waals surface area (Å²) in [5, 5.41) is 19.1. The number of rotatable bonds is 13. The van der Waals surface area contributed by atoms with Crippen molar-refractivity contribution in [1.29, 1.82) is 0 Å². The summed E-state index contributed by atoms with van der Waals surface area (Å²) in [5.41, 5.74) is 0.720. The van der Waals surface area contributed by atoms with Crippen LogP contribution in [0.2, 0.25) is 0 Å². The molecule has 158 valence electrons. The maximum atomic E-state index is 11.2. The first-order chi connectivity index (χ1) is 12.8. The van der Waals surface area contributed by atoms with Crippen molar-refractivity contribution in [2.45, 2.75) is 63.7 Å². The molecule has 27 heavy (non-hydrogen) atoms. The van der Waals surface area contributed by atoms with Gasteiger partial charge in [-0.15, -0.1) is 0 Å². The van der Waals surface area contributed by atoms with Crippen molar-refractivity contribution in [1.82, 2.24) is 5.32 Å². The van der Waals surface area contributed by atoms with Crippen LogP contribution in [0.15, 0.2) is 29.2 Å². The molecule has 0 spiro atoms. The highest BCUT2D eigenvalue weighted by molar-refractivity contribution is 7.85. The molecule has 7 heteroatoms. The third kappa shape index (κ3) is 14.7. The van der Waals surface area contributed by atoms with Crippen molar-refractivity contribution in [3.05, 3.63) is 29.8 Å². The maximum Gasteiger partial charge on any atom is 0.294 e. The first-order valence-electron chi connectivity index (χ1n) is 9.80. The Balaban J connectivity index is 0.000000821. The van der Waals surface area contributed by atoms with Gasteiger partial charge in [0.05, 0.1) is 18.1 Å². The van der Waals surface area contributed by atoms with Crippen molar-refractivity contribution >= 4 is 10.1 Å². The molecule has 6 nitrogen and oxygen atoms in total. The highest BCUT2D eigenvalue weighted by Gasteiger charge is 2.13. The number of aliphatic hydroxyl groups excluding tert-OH is 2. The van der Waals surface area contributed by atoms with Gasteiger partial charge in [0.15, 0.2) is 0 Å². The van der Waals surface area contributed by atoms with Crippen molar-refractivity contribution in [2.75, 3.05) is 26.3 Å². The molecule has 0 amide bonds. The fourth-order valence-electron chi connectivity index (χ4n) is 2.64. The second kappa shape index (κ2) is 16.0. The van der Waals surface area contributed by atoms with Gasteiger partial charge in [-0.1, -0.05) is 64.2 Å². The fraction of sp³-hybridized carbons (Fsp3) is 0.700. The second-order valence-electron chi connectivity index (χ2n) is 6.98. The zero-order valence-corrected chi connectivity index (χ0v) is 17.5. The number of hydrogen-bond acceptors (Lipinski definition) is 5. The Hall–Kier alpha value is -0.990. The highest BCUT2D eigenvalue weighted by Crippen LogP contribution is 2.18. The molecular formula is C20H37NO5S. The van der Waals surface area contributed by atoms with Gasteiger partial charge >= 0.3 is 0 Å². The van der Waals surface area contributed by atoms with Crippen LogP contribution in [0.4, 0.5) is 0 Å². The standard InChI is InChI=1S/C16H26O3S.C4H11NO2/c1-14(2)10-6-4-3-5-7-11-15-12-8-9-13-16(15)20(17,18)19;6-3-1-5-2-4-7/h8-9,12-14H,3-7,10-11H2,1-2H3,(H,17,18,19);5-7H,1-4H2. The van der Waals surface area contributed by atoms with Crippen LogP contribution in [0.25, 0.3) is 0 Å². The smallest absolute Gasteiger partial charge is 0.294 e. The van der Waals surface area contributed by atoms with Crippen molar-refractivity contribution in [2.24, 2.45) is 5.92 Å². The number of aliphatic hydroxyl groups is 2. The van der Waals surface area contributed by atoms with Crippen molar-refractivity contribution in [3.8, 4) is 0 Å². The van der Waals surface area contributed by atoms with E-state index in [1.54, 1.807) is 12.1 Å². The number of unbranched alkanes of at least 4 members (excludes halogenated alkanes) is 4. The van der Waals surface area contributed by atoms with Crippen LogP contribution >= 0.6 is 0 Å². The number of benzene rings is 1. The Kier molecular flexibility index (Phi) is 15.4. The minimum atomic E-state index is -4.09. The lowest BCUT2D eigenvalue weighted by Gasteiger charge is -2.07. The molecule has 0 saturated carbocycles. The third-order valence-electron chi connectivity index (χ3n) is 4.06. The Morgan fingerprint density at radius 3 is 2.04 bits per heavy atom. The average molecular weight is 404 g/mol. The van der Waals surface area contributed by atoms with E-state index in [4.69, 9.17) is 14.8 Å². The molecule has 0 fully saturated rings. The van der Waals surface area contributed by atoms with Gasteiger partial charge in [0, 0.05) is 13.1 Å². The third-order valence-corrected chi connectivity index (χ3v) is 5.01. The first kappa shape index (κ1) is 26.0. The van der Waals surface area contributed by atoms with Gasteiger partial charge in [0.25, 0.3) is 10.1 Å². The van der Waals surface area contributed by atoms with Gasteiger partial charge in [-0.2, -0.15) is 8.42 Å². The summed E-state index contributed by atoms with van der Waals surface area (Å²) >= 11 is 0. The van der Waals surface area contributed by atoms with Gasteiger partial charge in [-0.05, 0) is 30.4 Å². The van der Waals surface area contributed by atoms with Gasteiger partial charge in [-0.25, -0.2) is 0 Å². The van der Waals surface area contributed by atoms with Crippen molar-refractivity contribution in [3.63, 3.8) is 0 Å². The molecule has 1 aromatic rings. The predicted molar refractivity (Wildman–Crippen MR) is 110 cm³/mol. The summed E-state index contributed by atoms with van der Waals surface area (Å²) in [4.78, 5) is 0.0554. The zero-order chi connectivity index (χ0) is 20.5. The fourth-order valence-corrected chi connectivity index (χ4v) is 3.40. The van der Waals surface area contributed by atoms with Crippen LogP contribution in [0.5, 0.6) is 0 Å². The lowest BCUT2D eigenvalue weighted by atomic mass is 10.0. The van der Waals surface area contributed by atoms with Crippen LogP contribution in [0, 0.1) is 5.92 Å². The number of aryl methyl sites for hydroxylation is 1. The molecule has 0 radical (unpaired) electrons. The Labute approximate surface area is 164 Å². The monoisotopic (exact) mass is 403 g/mol. The van der Waals surface area contributed by atoms with E-state index in [1.165, 1.54) is 31.7 Å². The van der Waals surface area contributed by atoms with Gasteiger partial charge in [0.1, 0.15) is 0 Å². The first-order valence-corrected chi connectivity index (χ1v) is 11.2. The molecular weight excluding hydrogens is 366 g/mol. The molecule has 0 aliphatic carbocycles. The zero-order valence-electron chi connectivity index (χ0n) is 16.7. The van der Waals surface area contributed by atoms with E-state index >= 15 is 0 Å². The van der Waals surface area contributed by atoms with Crippen LogP contribution in [0.3, 0.4) is 0 Å². The van der Waals surface area contributed by atoms with E-state index in [1.807, 2.05) is 6.07 Å². The quantitative estimate of drug-likeness (QED) is 0.298. The van der Waals surface area contributed by atoms with Gasteiger partial charge < -0.3 is 15.5 Å². The summed E-state index contributed by atoms with van der Waals surface area (Å²) in [6, 6.07) is 6.69. The highest BCUT2D eigenvalue weighted by atomic mass is 32.2. The molecule has 0 heterocycles. The summed E-state index contributed by atoms with van der Waals surface area (Å²) in [5.74, 6) is 0.775. The normalized spacial score (nSPS) is 11.3. The predicted octanol–water partition coefficient (Wildman–Crippen LogP) is 3.03. The van der Waals surface area contributed by atoms with Gasteiger partial charge in [-0.3, -0.25) is 4.55 Å². The van der Waals surface area contributed by atoms with E-state index in [0.29, 0.717) is 19.5 Å². The van der Waals surface area contributed by atoms with Crippen LogP contribution in [-0.2, 0) is 16.5 Å². The molecule has 0 atom stereocenters. The Morgan fingerprint density at radius 2 is 1.48 bits per heavy atom. The minimum Gasteiger partial charge on any atom is -0.395 e. The summed E-state index contributed by atoms with van der Waals surface area (Å²) in [6.45, 7) is 5.90. The molecule has 0 aromatic heterocycles. The topological polar surface area (TPSA) is 107 Å². The molecule has 0 aliphatic rings. The number of hydrogen-bond donors (Lipinski definition) is 4. The lowest BCUT2D eigenvalue weighted by molar-refractivity contribution is 0.266. The van der Waals surface area contributed by atoms with Crippen LogP contribution in [-0.4, -0.2) is 49.5 Å². The SMILES string of the molecule is CC(C)CCCCCCCc1ccccc1S(=O)(=O)O.OCCNCCO. The Bertz CT molecular complexity index is 571. The van der Waals surface area contributed by atoms with E-state index in [0.717, 1.165) is 24.3 Å². The summed E-state index contributed by atoms with van der Waals surface area (Å²) < 4.78 is 31.7. The van der Waals surface area contributed by atoms with E-state index < -0.39 is 10.1 Å². The van der Waals surface area contributed by atoms with Crippen molar-refractivity contribution < 1.29 is 23.2 Å². The summed E-state index contributed by atoms with van der Waals surface area (Å²) in [7, 11) is -4.09. The molecule has 0 unspecified atom stereocenters. The molecule has 4 N–H and O–H groups in total. The minimum absolute atomic E-state index is 0.0554. The second-order valence-corrected chi connectivity index (χ2v) is 8.37. The Morgan fingerprint density at radius 1 is 0.926 bits per heavy atom. The summed E-state index contributed by atoms with van der Waals surface area (Å²) in [6.07, 6.45) is 7.79. The molecule has 1 rings (SSSR count). The maximum absolute atomic E-state index is 11.2. The van der Waals surface area contributed by atoms with Crippen LogP contribution in [0.1, 0.15) is 57.9 Å². The van der Waals surface area contributed by atoms with E-state index in [-0.39, 0.29) is 18.1 Å². The average Bonchev–Trinajstić information content (AvgIpc) is 2.61. The van der Waals surface area contributed by atoms with Gasteiger partial charge in [0.2, 0.25) is 0 Å². The molecule has 1 aromatic carbocycles. The van der Waals surface area contributed by atoms with E-state index in [2.05, 4.69) is 19.2 Å². The largest absolute Gasteiger partial charge is 0.395 e. The van der Waals surface area contributed by atoms with E-state index in [9.17, 15) is 8.42 Å². The number of nitrogens with one attached hydrogen (secondary N) is 1. The lowest BCUT2D eigenvalue weighted by Crippen LogP contribution is -2.21. The van der Waals surface area contributed by atoms with Crippen LogP contribution < -0.4 is 5.32 Å². The molecule has 0 saturated heterocycles.